The van der Waals surface area contributed by atoms with Crippen molar-refractivity contribution in [3.05, 3.63) is 46.5 Å². The molecule has 4 heteroatoms. The van der Waals surface area contributed by atoms with E-state index in [-0.39, 0.29) is 11.9 Å². The van der Waals surface area contributed by atoms with Crippen molar-refractivity contribution < 1.29 is 4.79 Å². The fraction of sp³-hybridized carbons (Fsp3) is 0.308. The van der Waals surface area contributed by atoms with Gasteiger partial charge < -0.3 is 10.6 Å². The lowest BCUT2D eigenvalue weighted by atomic mass is 9.94. The molecule has 1 aliphatic rings. The van der Waals surface area contributed by atoms with Gasteiger partial charge in [-0.2, -0.15) is 0 Å². The van der Waals surface area contributed by atoms with Crippen LogP contribution in [0.25, 0.3) is 0 Å². The maximum absolute atomic E-state index is 12.0. The van der Waals surface area contributed by atoms with Crippen molar-refractivity contribution in [2.75, 3.05) is 13.1 Å². The molecule has 1 unspecified atom stereocenters. The van der Waals surface area contributed by atoms with E-state index in [1.807, 2.05) is 18.2 Å². The smallest absolute Gasteiger partial charge is 0.242 e. The number of carbonyl (C=O) groups is 1. The Morgan fingerprint density at radius 2 is 2.29 bits per heavy atom. The van der Waals surface area contributed by atoms with E-state index in [9.17, 15) is 4.79 Å². The molecule has 1 aliphatic heterocycles. The molecule has 17 heavy (non-hydrogen) atoms. The van der Waals surface area contributed by atoms with Crippen LogP contribution in [0.1, 0.15) is 17.2 Å². The number of hydrogen-bond acceptors (Lipinski definition) is 2. The largest absolute Gasteiger partial charge is 0.350 e. The monoisotopic (exact) mass is 294 g/mol. The second kappa shape index (κ2) is 5.47. The van der Waals surface area contributed by atoms with Gasteiger partial charge in [0, 0.05) is 17.6 Å². The van der Waals surface area contributed by atoms with Gasteiger partial charge in [0.05, 0.1) is 0 Å². The number of nitrogens with one attached hydrogen (secondary N) is 2. The van der Waals surface area contributed by atoms with Crippen LogP contribution in [0.15, 0.2) is 35.3 Å². The molecule has 0 fully saturated rings. The molecule has 0 aliphatic carbocycles. The quantitative estimate of drug-likeness (QED) is 0.894. The summed E-state index contributed by atoms with van der Waals surface area (Å²) in [5.74, 6) is -0.00208. The van der Waals surface area contributed by atoms with E-state index in [1.54, 1.807) is 0 Å². The van der Waals surface area contributed by atoms with Crippen molar-refractivity contribution >= 4 is 21.8 Å². The minimum Gasteiger partial charge on any atom is -0.350 e. The predicted molar refractivity (Wildman–Crippen MR) is 72.0 cm³/mol. The fourth-order valence-electron chi connectivity index (χ4n) is 2.02. The summed E-state index contributed by atoms with van der Waals surface area (Å²) in [5, 5.41) is 6.09. The molecule has 2 N–H and O–H groups in total. The zero-order valence-corrected chi connectivity index (χ0v) is 11.1. The highest BCUT2D eigenvalue weighted by Crippen LogP contribution is 2.22. The Kier molecular flexibility index (Phi) is 3.97. The molecule has 0 spiro atoms. The summed E-state index contributed by atoms with van der Waals surface area (Å²) in [5.41, 5.74) is 2.33. The molecular formula is C13H15BrN2O. The third-order valence-corrected chi connectivity index (χ3v) is 3.11. The topological polar surface area (TPSA) is 41.1 Å². The second-order valence-corrected chi connectivity index (χ2v) is 5.19. The highest BCUT2D eigenvalue weighted by atomic mass is 79.9. The SMILES string of the molecule is C=C(Br)CNC(=O)C1NCCc2ccccc21. The molecule has 2 rings (SSSR count). The first-order chi connectivity index (χ1) is 8.18. The Hall–Kier alpha value is -1.13. The standard InChI is InChI=1S/C13H15BrN2O/c1-9(14)8-16-13(17)12-11-5-3-2-4-10(11)6-7-15-12/h2-5,12,15H,1,6-8H2,(H,16,17). The lowest BCUT2D eigenvalue weighted by Crippen LogP contribution is -2.41. The van der Waals surface area contributed by atoms with E-state index >= 15 is 0 Å². The van der Waals surface area contributed by atoms with Crippen LogP contribution in [-0.2, 0) is 11.2 Å². The highest BCUT2D eigenvalue weighted by molar-refractivity contribution is 9.11. The van der Waals surface area contributed by atoms with Crippen molar-refractivity contribution in [2.45, 2.75) is 12.5 Å². The molecule has 0 saturated heterocycles. The molecule has 0 saturated carbocycles. The fourth-order valence-corrected chi connectivity index (χ4v) is 2.16. The summed E-state index contributed by atoms with van der Waals surface area (Å²) in [6.45, 7) is 4.99. The Bertz CT molecular complexity index is 445. The summed E-state index contributed by atoms with van der Waals surface area (Å²) in [6, 6.07) is 7.83. The first kappa shape index (κ1) is 12.3. The molecule has 1 heterocycles. The molecule has 1 aromatic carbocycles. The van der Waals surface area contributed by atoms with Crippen LogP contribution < -0.4 is 10.6 Å². The third-order valence-electron chi connectivity index (χ3n) is 2.83. The van der Waals surface area contributed by atoms with E-state index in [4.69, 9.17) is 0 Å². The van der Waals surface area contributed by atoms with Crippen molar-refractivity contribution in [1.82, 2.24) is 10.6 Å². The first-order valence-corrected chi connectivity index (χ1v) is 6.40. The van der Waals surface area contributed by atoms with Gasteiger partial charge in [-0.15, -0.1) is 0 Å². The highest BCUT2D eigenvalue weighted by Gasteiger charge is 2.25. The van der Waals surface area contributed by atoms with Crippen LogP contribution in [0, 0.1) is 0 Å². The van der Waals surface area contributed by atoms with Gasteiger partial charge in [0.25, 0.3) is 0 Å². The van der Waals surface area contributed by atoms with Crippen LogP contribution in [-0.4, -0.2) is 19.0 Å². The summed E-state index contributed by atoms with van der Waals surface area (Å²) < 4.78 is 0.773. The average molecular weight is 295 g/mol. The Labute approximate surface area is 109 Å². The number of halogens is 1. The zero-order chi connectivity index (χ0) is 12.3. The molecule has 1 aromatic rings. The second-order valence-electron chi connectivity index (χ2n) is 4.07. The minimum atomic E-state index is -0.244. The molecule has 0 aromatic heterocycles. The summed E-state index contributed by atoms with van der Waals surface area (Å²) in [4.78, 5) is 12.0. The molecule has 0 radical (unpaired) electrons. The first-order valence-electron chi connectivity index (χ1n) is 5.60. The Morgan fingerprint density at radius 3 is 3.06 bits per heavy atom. The van der Waals surface area contributed by atoms with E-state index in [1.165, 1.54) is 5.56 Å². The lowest BCUT2D eigenvalue weighted by Gasteiger charge is -2.25. The van der Waals surface area contributed by atoms with Crippen LogP contribution in [0.2, 0.25) is 0 Å². The number of carbonyl (C=O) groups excluding carboxylic acids is 1. The minimum absolute atomic E-state index is 0.00208. The van der Waals surface area contributed by atoms with Gasteiger partial charge in [0.2, 0.25) is 5.91 Å². The summed E-state index contributed by atoms with van der Waals surface area (Å²) >= 11 is 3.23. The van der Waals surface area contributed by atoms with Gasteiger partial charge in [-0.3, -0.25) is 4.79 Å². The van der Waals surface area contributed by atoms with Crippen molar-refractivity contribution in [1.29, 1.82) is 0 Å². The molecule has 0 bridgehead atoms. The predicted octanol–water partition coefficient (Wildman–Crippen LogP) is 1.90. The molecule has 90 valence electrons. The third kappa shape index (κ3) is 2.96. The van der Waals surface area contributed by atoms with Crippen molar-refractivity contribution in [3.8, 4) is 0 Å². The van der Waals surface area contributed by atoms with Crippen molar-refractivity contribution in [2.24, 2.45) is 0 Å². The van der Waals surface area contributed by atoms with Crippen LogP contribution >= 0.6 is 15.9 Å². The number of amides is 1. The van der Waals surface area contributed by atoms with Gasteiger partial charge in [0.15, 0.2) is 0 Å². The van der Waals surface area contributed by atoms with Crippen LogP contribution in [0.4, 0.5) is 0 Å². The number of benzene rings is 1. The van der Waals surface area contributed by atoms with E-state index < -0.39 is 0 Å². The maximum atomic E-state index is 12.0. The number of fused-ring (bicyclic) bond motifs is 1. The zero-order valence-electron chi connectivity index (χ0n) is 9.50. The van der Waals surface area contributed by atoms with Crippen molar-refractivity contribution in [3.63, 3.8) is 0 Å². The summed E-state index contributed by atoms with van der Waals surface area (Å²) in [6.07, 6.45) is 0.977. The molecule has 1 amide bonds. The Balaban J connectivity index is 2.12. The molecular weight excluding hydrogens is 280 g/mol. The van der Waals surface area contributed by atoms with Gasteiger partial charge in [-0.05, 0) is 17.5 Å². The normalized spacial score (nSPS) is 18.3. The van der Waals surface area contributed by atoms with Crippen LogP contribution in [0.3, 0.4) is 0 Å². The summed E-state index contributed by atoms with van der Waals surface area (Å²) in [7, 11) is 0. The van der Waals surface area contributed by atoms with E-state index in [2.05, 4.69) is 39.2 Å². The maximum Gasteiger partial charge on any atom is 0.242 e. The molecule has 1 atom stereocenters. The van der Waals surface area contributed by atoms with Gasteiger partial charge in [-0.1, -0.05) is 46.8 Å². The van der Waals surface area contributed by atoms with E-state index in [0.29, 0.717) is 6.54 Å². The van der Waals surface area contributed by atoms with Crippen LogP contribution in [0.5, 0.6) is 0 Å². The Morgan fingerprint density at radius 1 is 1.53 bits per heavy atom. The molecule has 3 nitrogen and oxygen atoms in total. The van der Waals surface area contributed by atoms with Gasteiger partial charge in [-0.25, -0.2) is 0 Å². The number of hydrogen-bond donors (Lipinski definition) is 2. The van der Waals surface area contributed by atoms with Gasteiger partial charge >= 0.3 is 0 Å². The van der Waals surface area contributed by atoms with E-state index in [0.717, 1.165) is 23.0 Å². The number of rotatable bonds is 3. The lowest BCUT2D eigenvalue weighted by molar-refractivity contribution is -0.123. The average Bonchev–Trinajstić information content (AvgIpc) is 2.35. The van der Waals surface area contributed by atoms with Gasteiger partial charge in [0.1, 0.15) is 6.04 Å².